The highest BCUT2D eigenvalue weighted by Gasteiger charge is 2.30. The largest absolute Gasteiger partial charge is 0.503 e. The van der Waals surface area contributed by atoms with Crippen molar-refractivity contribution in [1.29, 1.82) is 0 Å². The van der Waals surface area contributed by atoms with E-state index in [0.29, 0.717) is 29.9 Å². The Bertz CT molecular complexity index is 1140. The van der Waals surface area contributed by atoms with E-state index >= 15 is 0 Å². The Morgan fingerprint density at radius 1 is 1.29 bits per heavy atom. The second kappa shape index (κ2) is 7.01. The lowest BCUT2D eigenvalue weighted by atomic mass is 10.1. The third-order valence-electron chi connectivity index (χ3n) is 4.62. The van der Waals surface area contributed by atoms with Crippen molar-refractivity contribution in [3.05, 3.63) is 68.8 Å². The molecule has 0 saturated heterocycles. The summed E-state index contributed by atoms with van der Waals surface area (Å²) in [6.07, 6.45) is 3.62. The first-order valence-electron chi connectivity index (χ1n) is 8.38. The van der Waals surface area contributed by atoms with E-state index in [1.54, 1.807) is 11.6 Å². The second-order valence-electron chi connectivity index (χ2n) is 6.29. The van der Waals surface area contributed by atoms with Crippen LogP contribution in [0.1, 0.15) is 26.4 Å². The summed E-state index contributed by atoms with van der Waals surface area (Å²) in [4.78, 5) is 42.1. The second-order valence-corrected chi connectivity index (χ2v) is 7.18. The Hall–Kier alpha value is -3.33. The van der Waals surface area contributed by atoms with Crippen LogP contribution in [-0.2, 0) is 13.1 Å². The fraction of sp³-hybridized carbons (Fsp3) is 0.158. The number of amides is 1. The van der Waals surface area contributed by atoms with Gasteiger partial charge < -0.3 is 14.6 Å². The molecule has 7 nitrogen and oxygen atoms in total. The number of carbonyl (C=O) groups excluding carboxylic acids is 2. The number of benzene rings is 1. The highest BCUT2D eigenvalue weighted by molar-refractivity contribution is 7.13. The van der Waals surface area contributed by atoms with Gasteiger partial charge in [0.1, 0.15) is 17.1 Å². The number of aromatic hydroxyl groups is 1. The topological polar surface area (TPSA) is 92.5 Å². The number of rotatable bonds is 4. The molecule has 0 spiro atoms. The minimum absolute atomic E-state index is 0.0645. The molecule has 1 N–H and O–H groups in total. The van der Waals surface area contributed by atoms with Gasteiger partial charge in [-0.2, -0.15) is 0 Å². The van der Waals surface area contributed by atoms with Crippen LogP contribution in [0, 0.1) is 5.82 Å². The molecule has 3 heterocycles. The molecule has 0 unspecified atom stereocenters. The summed E-state index contributed by atoms with van der Waals surface area (Å²) in [7, 11) is 0. The summed E-state index contributed by atoms with van der Waals surface area (Å²) >= 11 is 1.26. The minimum atomic E-state index is -0.660. The molecule has 0 saturated carbocycles. The van der Waals surface area contributed by atoms with E-state index < -0.39 is 22.9 Å². The molecule has 1 aliphatic heterocycles. The maximum absolute atomic E-state index is 13.3. The average Bonchev–Trinajstić information content (AvgIpc) is 3.22. The van der Waals surface area contributed by atoms with E-state index in [9.17, 15) is 23.9 Å². The van der Waals surface area contributed by atoms with Crippen LogP contribution in [-0.4, -0.2) is 38.3 Å². The van der Waals surface area contributed by atoms with Crippen molar-refractivity contribution >= 4 is 23.5 Å². The Morgan fingerprint density at radius 2 is 2.11 bits per heavy atom. The zero-order valence-corrected chi connectivity index (χ0v) is 15.3. The number of hydrogen-bond acceptors (Lipinski definition) is 6. The molecular weight excluding hydrogens is 385 g/mol. The molecule has 3 aromatic rings. The van der Waals surface area contributed by atoms with E-state index in [4.69, 9.17) is 0 Å². The van der Waals surface area contributed by atoms with Crippen LogP contribution in [0.2, 0.25) is 0 Å². The van der Waals surface area contributed by atoms with Gasteiger partial charge >= 0.3 is 0 Å². The molecule has 9 heteroatoms. The van der Waals surface area contributed by atoms with Gasteiger partial charge in [-0.05, 0) is 17.7 Å². The lowest BCUT2D eigenvalue weighted by Gasteiger charge is -2.30. The number of aldehydes is 1. The van der Waals surface area contributed by atoms with Gasteiger partial charge in [0.2, 0.25) is 5.43 Å². The highest BCUT2D eigenvalue weighted by atomic mass is 32.1. The molecule has 0 radical (unpaired) electrons. The number of fused-ring (bicyclic) bond motifs is 1. The van der Waals surface area contributed by atoms with E-state index in [2.05, 4.69) is 4.98 Å². The molecule has 0 bridgehead atoms. The molecule has 28 heavy (non-hydrogen) atoms. The fourth-order valence-corrected chi connectivity index (χ4v) is 3.86. The van der Waals surface area contributed by atoms with Gasteiger partial charge in [-0.15, -0.1) is 11.3 Å². The van der Waals surface area contributed by atoms with Gasteiger partial charge in [-0.25, -0.2) is 9.37 Å². The summed E-state index contributed by atoms with van der Waals surface area (Å²) in [5.74, 6) is -1.70. The molecule has 142 valence electrons. The van der Waals surface area contributed by atoms with Crippen molar-refractivity contribution in [2.75, 3.05) is 6.54 Å². The van der Waals surface area contributed by atoms with Gasteiger partial charge in [0, 0.05) is 43.0 Å². The van der Waals surface area contributed by atoms with Gasteiger partial charge in [0.25, 0.3) is 5.91 Å². The van der Waals surface area contributed by atoms with Crippen molar-refractivity contribution in [3.8, 4) is 16.3 Å². The monoisotopic (exact) mass is 399 g/mol. The van der Waals surface area contributed by atoms with Crippen LogP contribution in [0.3, 0.4) is 0 Å². The maximum Gasteiger partial charge on any atom is 0.274 e. The summed E-state index contributed by atoms with van der Waals surface area (Å²) in [5, 5.41) is 12.6. The summed E-state index contributed by atoms with van der Waals surface area (Å²) in [6, 6.07) is 3.76. The molecule has 0 aliphatic carbocycles. The predicted octanol–water partition coefficient (Wildman–Crippen LogP) is 2.29. The van der Waals surface area contributed by atoms with Crippen LogP contribution in [0.15, 0.2) is 40.8 Å². The van der Waals surface area contributed by atoms with Gasteiger partial charge in [-0.3, -0.25) is 14.4 Å². The van der Waals surface area contributed by atoms with E-state index in [1.807, 2.05) is 0 Å². The Labute approximate surface area is 162 Å². The first kappa shape index (κ1) is 18.1. The Balaban J connectivity index is 1.70. The van der Waals surface area contributed by atoms with Crippen LogP contribution < -0.4 is 5.43 Å². The molecule has 4 rings (SSSR count). The maximum atomic E-state index is 13.3. The molecule has 1 aliphatic rings. The predicted molar refractivity (Wildman–Crippen MR) is 100 cm³/mol. The molecular formula is C19H14FN3O4S. The Morgan fingerprint density at radius 3 is 2.82 bits per heavy atom. The molecule has 1 amide bonds. The lowest BCUT2D eigenvalue weighted by Crippen LogP contribution is -2.41. The van der Waals surface area contributed by atoms with Crippen LogP contribution in [0.25, 0.3) is 10.6 Å². The van der Waals surface area contributed by atoms with E-state index in [-0.39, 0.29) is 23.4 Å². The number of carbonyl (C=O) groups is 2. The zero-order valence-electron chi connectivity index (χ0n) is 14.5. The number of pyridine rings is 1. The summed E-state index contributed by atoms with van der Waals surface area (Å²) in [5.41, 5.74) is 0.107. The number of thiazole rings is 1. The normalized spacial score (nSPS) is 13.5. The van der Waals surface area contributed by atoms with Gasteiger partial charge in [0.15, 0.2) is 11.4 Å². The smallest absolute Gasteiger partial charge is 0.274 e. The van der Waals surface area contributed by atoms with Crippen molar-refractivity contribution in [3.63, 3.8) is 0 Å². The van der Waals surface area contributed by atoms with Crippen LogP contribution in [0.5, 0.6) is 5.75 Å². The summed E-state index contributed by atoms with van der Waals surface area (Å²) < 4.78 is 14.9. The van der Waals surface area contributed by atoms with Crippen LogP contribution in [0.4, 0.5) is 4.39 Å². The van der Waals surface area contributed by atoms with Crippen LogP contribution >= 0.6 is 11.3 Å². The average molecular weight is 399 g/mol. The third-order valence-corrected chi connectivity index (χ3v) is 5.42. The first-order chi connectivity index (χ1) is 13.5. The first-order valence-corrected chi connectivity index (χ1v) is 9.26. The third kappa shape index (κ3) is 2.99. The number of nitrogens with zero attached hydrogens (tertiary/aromatic N) is 3. The lowest BCUT2D eigenvalue weighted by molar-refractivity contribution is 0.0682. The summed E-state index contributed by atoms with van der Waals surface area (Å²) in [6.45, 7) is 0.723. The number of halogens is 1. The van der Waals surface area contributed by atoms with E-state index in [0.717, 1.165) is 6.07 Å². The number of aromatic nitrogens is 2. The molecule has 0 atom stereocenters. The SMILES string of the molecule is O=Cc1cc(F)ccc1CN1CCn2cc(-c3nccs3)c(=O)c(O)c2C1=O. The quantitative estimate of drug-likeness (QED) is 0.680. The highest BCUT2D eigenvalue weighted by Crippen LogP contribution is 2.26. The van der Waals surface area contributed by atoms with Crippen molar-refractivity contribution < 1.29 is 19.1 Å². The molecule has 1 aromatic carbocycles. The number of hydrogen-bond donors (Lipinski definition) is 1. The van der Waals surface area contributed by atoms with Crippen molar-refractivity contribution in [1.82, 2.24) is 14.5 Å². The van der Waals surface area contributed by atoms with E-state index in [1.165, 1.54) is 39.1 Å². The van der Waals surface area contributed by atoms with Crippen molar-refractivity contribution in [2.24, 2.45) is 0 Å². The van der Waals surface area contributed by atoms with Gasteiger partial charge in [0.05, 0.1) is 5.56 Å². The molecule has 0 fully saturated rings. The minimum Gasteiger partial charge on any atom is -0.503 e. The fourth-order valence-electron chi connectivity index (χ4n) is 3.22. The van der Waals surface area contributed by atoms with Crippen molar-refractivity contribution in [2.45, 2.75) is 13.1 Å². The molecule has 2 aromatic heterocycles. The standard InChI is InChI=1S/C19H14FN3O4S/c20-13-2-1-11(12(7-13)10-24)8-23-5-4-22-9-14(18-21-3-6-28-18)16(25)17(26)15(22)19(23)27/h1-3,6-7,9-10,26H,4-5,8H2. The van der Waals surface area contributed by atoms with Gasteiger partial charge in [-0.1, -0.05) is 6.07 Å². The Kier molecular flexibility index (Phi) is 4.52. The zero-order chi connectivity index (χ0) is 19.8.